The molecule has 1 rings (SSSR count). The van der Waals surface area contributed by atoms with E-state index >= 15 is 0 Å². The van der Waals surface area contributed by atoms with Crippen LogP contribution in [0.15, 0.2) is 4.34 Å². The first-order chi connectivity index (χ1) is 9.41. The molecule has 114 valence electrons. The maximum atomic E-state index is 12.3. The molecule has 0 aliphatic heterocycles. The van der Waals surface area contributed by atoms with Crippen LogP contribution < -0.4 is 5.32 Å². The number of sulfonamides is 1. The maximum Gasteiger partial charge on any atom is 0.272 e. The van der Waals surface area contributed by atoms with Crippen LogP contribution in [0.1, 0.15) is 26.7 Å². The molecule has 0 radical (unpaired) electrons. The molecular formula is C10H18N4O4S2. The summed E-state index contributed by atoms with van der Waals surface area (Å²) in [4.78, 5) is 10.9. The third-order valence-corrected chi connectivity index (χ3v) is 5.44. The Bertz CT molecular complexity index is 543. The lowest BCUT2D eigenvalue weighted by Gasteiger charge is -2.18. The number of amides is 1. The highest BCUT2D eigenvalue weighted by Crippen LogP contribution is 2.23. The minimum absolute atomic E-state index is 0.0113. The number of unbranched alkanes of at least 4 members (excludes halogenated alkanes) is 1. The number of aromatic nitrogens is 2. The minimum atomic E-state index is -3.78. The Kier molecular flexibility index (Phi) is 6.46. The van der Waals surface area contributed by atoms with E-state index in [0.29, 0.717) is 13.0 Å². The zero-order valence-electron chi connectivity index (χ0n) is 11.4. The lowest BCUT2D eigenvalue weighted by molar-refractivity contribution is -0.114. The van der Waals surface area contributed by atoms with Crippen LogP contribution in [0.2, 0.25) is 0 Å². The summed E-state index contributed by atoms with van der Waals surface area (Å²) in [5, 5.41) is 18.7. The number of aliphatic hydroxyl groups excluding tert-OH is 1. The lowest BCUT2D eigenvalue weighted by atomic mass is 10.3. The summed E-state index contributed by atoms with van der Waals surface area (Å²) in [6.07, 6.45) is 1.53. The van der Waals surface area contributed by atoms with Gasteiger partial charge in [0.2, 0.25) is 15.4 Å². The van der Waals surface area contributed by atoms with E-state index in [9.17, 15) is 13.2 Å². The van der Waals surface area contributed by atoms with E-state index in [-0.39, 0.29) is 28.5 Å². The fourth-order valence-corrected chi connectivity index (χ4v) is 3.98. The van der Waals surface area contributed by atoms with Crippen molar-refractivity contribution in [3.05, 3.63) is 0 Å². The topological polar surface area (TPSA) is 112 Å². The molecule has 1 aromatic heterocycles. The molecule has 0 fully saturated rings. The first-order valence-electron chi connectivity index (χ1n) is 6.14. The number of hydrogen-bond acceptors (Lipinski definition) is 7. The van der Waals surface area contributed by atoms with Gasteiger partial charge >= 0.3 is 0 Å². The van der Waals surface area contributed by atoms with Gasteiger partial charge in [0.1, 0.15) is 0 Å². The molecule has 20 heavy (non-hydrogen) atoms. The highest BCUT2D eigenvalue weighted by Gasteiger charge is 2.28. The molecule has 8 nitrogen and oxygen atoms in total. The first kappa shape index (κ1) is 17.0. The van der Waals surface area contributed by atoms with Crippen molar-refractivity contribution < 1.29 is 18.3 Å². The van der Waals surface area contributed by atoms with Crippen LogP contribution in [0.25, 0.3) is 0 Å². The van der Waals surface area contributed by atoms with Crippen molar-refractivity contribution in [1.82, 2.24) is 14.5 Å². The molecule has 1 aromatic rings. The van der Waals surface area contributed by atoms with E-state index in [1.165, 1.54) is 11.2 Å². The molecule has 0 aliphatic rings. The first-order valence-corrected chi connectivity index (χ1v) is 8.39. The van der Waals surface area contributed by atoms with Gasteiger partial charge < -0.3 is 10.4 Å². The third-order valence-electron chi connectivity index (χ3n) is 2.36. The smallest absolute Gasteiger partial charge is 0.272 e. The Morgan fingerprint density at radius 3 is 2.65 bits per heavy atom. The van der Waals surface area contributed by atoms with E-state index in [4.69, 9.17) is 5.11 Å². The molecule has 0 saturated heterocycles. The number of hydrogen-bond donors (Lipinski definition) is 2. The number of carbonyl (C=O) groups is 1. The van der Waals surface area contributed by atoms with E-state index in [0.717, 1.165) is 17.8 Å². The molecule has 0 aromatic carbocycles. The molecule has 1 amide bonds. The predicted molar refractivity (Wildman–Crippen MR) is 75.0 cm³/mol. The summed E-state index contributed by atoms with van der Waals surface area (Å²) in [6.45, 7) is 3.31. The van der Waals surface area contributed by atoms with Crippen molar-refractivity contribution in [3.63, 3.8) is 0 Å². The van der Waals surface area contributed by atoms with Crippen molar-refractivity contribution in [2.45, 2.75) is 31.0 Å². The summed E-state index contributed by atoms with van der Waals surface area (Å²) >= 11 is 0.790. The van der Waals surface area contributed by atoms with Gasteiger partial charge in [-0.05, 0) is 6.42 Å². The second-order valence-corrected chi connectivity index (χ2v) is 7.12. The fourth-order valence-electron chi connectivity index (χ4n) is 1.42. The van der Waals surface area contributed by atoms with Crippen LogP contribution >= 0.6 is 11.3 Å². The second-order valence-electron chi connectivity index (χ2n) is 4.04. The van der Waals surface area contributed by atoms with Crippen LogP contribution in [0.3, 0.4) is 0 Å². The van der Waals surface area contributed by atoms with Crippen LogP contribution in [0, 0.1) is 0 Å². The van der Waals surface area contributed by atoms with E-state index in [1.807, 2.05) is 6.92 Å². The van der Waals surface area contributed by atoms with Gasteiger partial charge in [0.15, 0.2) is 0 Å². The number of nitrogens with one attached hydrogen (secondary N) is 1. The third kappa shape index (κ3) is 4.47. The number of nitrogens with zero attached hydrogens (tertiary/aromatic N) is 3. The summed E-state index contributed by atoms with van der Waals surface area (Å²) in [6, 6.07) is 0. The van der Waals surface area contributed by atoms with Gasteiger partial charge in [-0.15, -0.1) is 10.2 Å². The Labute approximate surface area is 121 Å². The quantitative estimate of drug-likeness (QED) is 0.665. The predicted octanol–water partition coefficient (Wildman–Crippen LogP) is 0.280. The number of rotatable bonds is 8. The molecule has 10 heteroatoms. The van der Waals surface area contributed by atoms with E-state index in [1.54, 1.807) is 0 Å². The van der Waals surface area contributed by atoms with Gasteiger partial charge in [-0.25, -0.2) is 8.42 Å². The molecule has 0 bridgehead atoms. The zero-order valence-corrected chi connectivity index (χ0v) is 13.0. The van der Waals surface area contributed by atoms with Crippen LogP contribution in [-0.4, -0.2) is 53.6 Å². The van der Waals surface area contributed by atoms with Crippen molar-refractivity contribution in [2.75, 3.05) is 25.0 Å². The number of carbonyl (C=O) groups excluding carboxylic acids is 1. The summed E-state index contributed by atoms with van der Waals surface area (Å²) in [7, 11) is -3.78. The SMILES string of the molecule is CCCCN(CCO)S(=O)(=O)c1nnc(NC(C)=O)s1. The fraction of sp³-hybridized carbons (Fsp3) is 0.700. The summed E-state index contributed by atoms with van der Waals surface area (Å²) in [5.41, 5.74) is 0. The van der Waals surface area contributed by atoms with E-state index in [2.05, 4.69) is 15.5 Å². The van der Waals surface area contributed by atoms with Gasteiger partial charge in [-0.3, -0.25) is 4.79 Å². The highest BCUT2D eigenvalue weighted by atomic mass is 32.2. The maximum absolute atomic E-state index is 12.3. The summed E-state index contributed by atoms with van der Waals surface area (Å²) < 4.78 is 25.7. The van der Waals surface area contributed by atoms with Crippen molar-refractivity contribution in [2.24, 2.45) is 0 Å². The molecule has 0 spiro atoms. The summed E-state index contributed by atoms with van der Waals surface area (Å²) in [5.74, 6) is -0.344. The van der Waals surface area contributed by atoms with Gasteiger partial charge in [0.05, 0.1) is 6.61 Å². The lowest BCUT2D eigenvalue weighted by Crippen LogP contribution is -2.34. The van der Waals surface area contributed by atoms with E-state index < -0.39 is 10.0 Å². The normalized spacial score (nSPS) is 11.8. The molecule has 0 atom stereocenters. The van der Waals surface area contributed by atoms with Crippen LogP contribution in [0.4, 0.5) is 5.13 Å². The van der Waals surface area contributed by atoms with Crippen LogP contribution in [0.5, 0.6) is 0 Å². The Hall–Kier alpha value is -1.10. The number of aliphatic hydroxyl groups is 1. The Balaban J connectivity index is 2.94. The molecule has 0 aliphatic carbocycles. The standard InChI is InChI=1S/C10H18N4O4S2/c1-3-4-5-14(6-7-15)20(17,18)10-13-12-9(19-10)11-8(2)16/h15H,3-7H2,1-2H3,(H,11,12,16). The largest absolute Gasteiger partial charge is 0.395 e. The Morgan fingerprint density at radius 2 is 2.10 bits per heavy atom. The average Bonchev–Trinajstić information content (AvgIpc) is 2.82. The number of anilines is 1. The van der Waals surface area contributed by atoms with Gasteiger partial charge in [0.25, 0.3) is 10.0 Å². The average molecular weight is 322 g/mol. The monoisotopic (exact) mass is 322 g/mol. The molecule has 1 heterocycles. The van der Waals surface area contributed by atoms with Gasteiger partial charge in [0, 0.05) is 20.0 Å². The van der Waals surface area contributed by atoms with Crippen molar-refractivity contribution >= 4 is 32.4 Å². The van der Waals surface area contributed by atoms with Crippen LogP contribution in [-0.2, 0) is 14.8 Å². The molecule has 0 saturated carbocycles. The zero-order chi connectivity index (χ0) is 15.2. The molecule has 0 unspecified atom stereocenters. The Morgan fingerprint density at radius 1 is 1.40 bits per heavy atom. The van der Waals surface area contributed by atoms with Crippen molar-refractivity contribution in [3.8, 4) is 0 Å². The van der Waals surface area contributed by atoms with Crippen molar-refractivity contribution in [1.29, 1.82) is 0 Å². The minimum Gasteiger partial charge on any atom is -0.395 e. The highest BCUT2D eigenvalue weighted by molar-refractivity contribution is 7.91. The van der Waals surface area contributed by atoms with Gasteiger partial charge in [-0.2, -0.15) is 4.31 Å². The van der Waals surface area contributed by atoms with Gasteiger partial charge in [-0.1, -0.05) is 24.7 Å². The second kappa shape index (κ2) is 7.62. The molecule has 2 N–H and O–H groups in total. The molecular weight excluding hydrogens is 304 g/mol.